The summed E-state index contributed by atoms with van der Waals surface area (Å²) < 4.78 is 16.9. The predicted octanol–water partition coefficient (Wildman–Crippen LogP) is 2.84. The van der Waals surface area contributed by atoms with Crippen molar-refractivity contribution in [2.75, 3.05) is 5.32 Å². The van der Waals surface area contributed by atoms with Crippen LogP contribution >= 0.6 is 11.6 Å². The maximum Gasteiger partial charge on any atom is 0.297 e. The number of aryl methyl sites for hydroxylation is 1. The molecule has 6 rings (SSSR count). The lowest BCUT2D eigenvalue weighted by atomic mass is 9.64. The quantitative estimate of drug-likeness (QED) is 0.600. The number of pyridine rings is 1. The molecule has 3 aromatic rings. The number of aromatic amines is 1. The van der Waals surface area contributed by atoms with E-state index in [1.807, 2.05) is 19.1 Å². The van der Waals surface area contributed by atoms with Crippen molar-refractivity contribution in [1.29, 1.82) is 0 Å². The number of nitrogens with one attached hydrogen (secondary N) is 2. The minimum atomic E-state index is -0.700. The molecule has 160 valence electrons. The number of hydrogen-bond acceptors (Lipinski definition) is 4. The lowest BCUT2D eigenvalue weighted by Gasteiger charge is -2.51. The normalized spacial score (nSPS) is 22.4. The Morgan fingerprint density at radius 3 is 2.97 bits per heavy atom. The van der Waals surface area contributed by atoms with Crippen LogP contribution in [0.25, 0.3) is 11.1 Å². The molecule has 1 fully saturated rings. The highest BCUT2D eigenvalue weighted by atomic mass is 35.5. The molecule has 5 heterocycles. The van der Waals surface area contributed by atoms with Gasteiger partial charge in [-0.2, -0.15) is 5.10 Å². The molecule has 2 unspecified atom stereocenters. The number of halogens is 2. The first-order chi connectivity index (χ1) is 15.4. The number of aromatic nitrogens is 3. The Morgan fingerprint density at radius 2 is 2.19 bits per heavy atom. The molecular weight excluding hydrogens is 433 g/mol. The van der Waals surface area contributed by atoms with E-state index in [-0.39, 0.29) is 23.2 Å². The number of anilines is 1. The van der Waals surface area contributed by atoms with Gasteiger partial charge in [0.1, 0.15) is 12.2 Å². The molecule has 3 aliphatic rings. The Bertz CT molecular complexity index is 1410. The van der Waals surface area contributed by atoms with Gasteiger partial charge >= 0.3 is 0 Å². The van der Waals surface area contributed by atoms with Crippen LogP contribution < -0.4 is 10.9 Å². The van der Waals surface area contributed by atoms with Crippen LogP contribution in [0.3, 0.4) is 0 Å². The molecule has 0 bridgehead atoms. The van der Waals surface area contributed by atoms with Gasteiger partial charge in [-0.3, -0.25) is 14.6 Å². The van der Waals surface area contributed by atoms with E-state index in [1.165, 1.54) is 12.1 Å². The molecule has 1 saturated heterocycles. The molecule has 0 spiro atoms. The van der Waals surface area contributed by atoms with Crippen molar-refractivity contribution in [3.05, 3.63) is 74.7 Å². The maximum atomic E-state index is 14.9. The average Bonchev–Trinajstić information content (AvgIpc) is 2.72. The van der Waals surface area contributed by atoms with Crippen LogP contribution in [0.15, 0.2) is 41.3 Å². The summed E-state index contributed by atoms with van der Waals surface area (Å²) in [5, 5.41) is 9.71. The highest BCUT2D eigenvalue weighted by Gasteiger charge is 2.73. The number of H-pyrrole nitrogens is 1. The lowest BCUT2D eigenvalue weighted by molar-refractivity contribution is -0.715. The second-order valence-corrected chi connectivity index (χ2v) is 9.05. The zero-order chi connectivity index (χ0) is 22.2. The maximum absolute atomic E-state index is 14.9. The van der Waals surface area contributed by atoms with E-state index in [4.69, 9.17) is 11.6 Å². The molecule has 32 heavy (non-hydrogen) atoms. The van der Waals surface area contributed by atoms with Gasteiger partial charge in [-0.1, -0.05) is 17.7 Å². The minimum absolute atomic E-state index is 0.0509. The van der Waals surface area contributed by atoms with Gasteiger partial charge in [0.2, 0.25) is 5.71 Å². The highest BCUT2D eigenvalue weighted by Crippen LogP contribution is 2.49. The molecule has 0 saturated carbocycles. The molecule has 2 N–H and O–H groups in total. The Kier molecular flexibility index (Phi) is 3.96. The number of carbonyl (C=O) groups excluding carboxylic acids is 1. The molecule has 7 nitrogen and oxygen atoms in total. The first-order valence-corrected chi connectivity index (χ1v) is 10.7. The van der Waals surface area contributed by atoms with E-state index in [2.05, 4.69) is 25.1 Å². The topological polar surface area (TPSA) is 90.8 Å². The van der Waals surface area contributed by atoms with Crippen molar-refractivity contribution in [3.8, 4) is 11.1 Å². The SMILES string of the molecule is Cc1ccc(-c2cc(F)c(NC(=O)C34CC5=[N+]3C(Cc3cc(=O)[nH]nc35)C4)cc2Cl)cn1. The van der Waals surface area contributed by atoms with Crippen molar-refractivity contribution in [2.24, 2.45) is 0 Å². The molecule has 0 radical (unpaired) electrons. The summed E-state index contributed by atoms with van der Waals surface area (Å²) in [6.45, 7) is 1.87. The zero-order valence-electron chi connectivity index (χ0n) is 17.1. The van der Waals surface area contributed by atoms with Gasteiger partial charge in [-0.15, -0.1) is 0 Å². The van der Waals surface area contributed by atoms with Crippen LogP contribution in [-0.2, 0) is 11.2 Å². The fourth-order valence-electron chi connectivity index (χ4n) is 5.20. The third kappa shape index (κ3) is 2.62. The molecule has 1 amide bonds. The fourth-order valence-corrected chi connectivity index (χ4v) is 5.47. The first kappa shape index (κ1) is 19.3. The second-order valence-electron chi connectivity index (χ2n) is 8.65. The molecule has 2 atom stereocenters. The van der Waals surface area contributed by atoms with Gasteiger partial charge in [0.15, 0.2) is 11.7 Å². The Morgan fingerprint density at radius 1 is 1.34 bits per heavy atom. The van der Waals surface area contributed by atoms with Crippen LogP contribution in [0.5, 0.6) is 0 Å². The number of rotatable bonds is 3. The molecule has 1 aromatic carbocycles. The summed E-state index contributed by atoms with van der Waals surface area (Å²) in [4.78, 5) is 29.0. The Labute approximate surface area is 187 Å². The van der Waals surface area contributed by atoms with Crippen molar-refractivity contribution in [3.63, 3.8) is 0 Å². The Hall–Kier alpha value is -3.39. The first-order valence-electron chi connectivity index (χ1n) is 10.3. The summed E-state index contributed by atoms with van der Waals surface area (Å²) in [6, 6.07) is 8.16. The molecule has 2 aromatic heterocycles. The second kappa shape index (κ2) is 6.56. The third-order valence-corrected chi connectivity index (χ3v) is 7.03. The van der Waals surface area contributed by atoms with Crippen LogP contribution in [0.1, 0.15) is 29.8 Å². The van der Waals surface area contributed by atoms with Gasteiger partial charge in [0.05, 0.1) is 17.1 Å². The lowest BCUT2D eigenvalue weighted by Crippen LogP contribution is -2.77. The summed E-state index contributed by atoms with van der Waals surface area (Å²) in [6.07, 6.45) is 3.47. The average molecular weight is 451 g/mol. The third-order valence-electron chi connectivity index (χ3n) is 6.72. The van der Waals surface area contributed by atoms with Gasteiger partial charge < -0.3 is 5.32 Å². The summed E-state index contributed by atoms with van der Waals surface area (Å²) in [7, 11) is 0. The van der Waals surface area contributed by atoms with Crippen LogP contribution in [0, 0.1) is 12.7 Å². The van der Waals surface area contributed by atoms with Gasteiger partial charge in [0.25, 0.3) is 17.0 Å². The number of amides is 1. The molecule has 3 aliphatic heterocycles. The Balaban J connectivity index is 1.28. The van der Waals surface area contributed by atoms with Gasteiger partial charge in [-0.25, -0.2) is 14.1 Å². The van der Waals surface area contributed by atoms with Crippen molar-refractivity contribution in [1.82, 2.24) is 15.2 Å². The number of fused-ring (bicyclic) bond motifs is 2. The number of benzene rings is 1. The van der Waals surface area contributed by atoms with Crippen LogP contribution in [0.4, 0.5) is 10.1 Å². The van der Waals surface area contributed by atoms with Crippen molar-refractivity contribution in [2.45, 2.75) is 37.8 Å². The largest absolute Gasteiger partial charge is 0.317 e. The van der Waals surface area contributed by atoms with Gasteiger partial charge in [-0.05, 0) is 30.7 Å². The van der Waals surface area contributed by atoms with Gasteiger partial charge in [0, 0.05) is 35.5 Å². The number of nitrogens with zero attached hydrogens (tertiary/aromatic N) is 3. The summed E-state index contributed by atoms with van der Waals surface area (Å²) >= 11 is 6.41. The van der Waals surface area contributed by atoms with Crippen LogP contribution in [0.2, 0.25) is 5.02 Å². The van der Waals surface area contributed by atoms with Crippen molar-refractivity contribution >= 4 is 28.9 Å². The highest BCUT2D eigenvalue weighted by molar-refractivity contribution is 6.33. The van der Waals surface area contributed by atoms with E-state index in [0.29, 0.717) is 35.4 Å². The van der Waals surface area contributed by atoms with E-state index in [0.717, 1.165) is 22.7 Å². The smallest absolute Gasteiger partial charge is 0.297 e. The minimum Gasteiger partial charge on any atom is -0.317 e. The number of carbonyl (C=O) groups is 1. The van der Waals surface area contributed by atoms with E-state index < -0.39 is 11.4 Å². The number of hydrogen-bond donors (Lipinski definition) is 2. The van der Waals surface area contributed by atoms with E-state index in [9.17, 15) is 14.0 Å². The van der Waals surface area contributed by atoms with E-state index in [1.54, 1.807) is 12.3 Å². The van der Waals surface area contributed by atoms with Crippen LogP contribution in [-0.4, -0.2) is 43.0 Å². The monoisotopic (exact) mass is 450 g/mol. The summed E-state index contributed by atoms with van der Waals surface area (Å²) in [5.74, 6) is -0.817. The van der Waals surface area contributed by atoms with Crippen molar-refractivity contribution < 1.29 is 13.8 Å². The molecular formula is C23H18ClFN5O2+. The standard InChI is InChI=1S/C23H17ClFN5O2/c1-11-2-3-12(10-26-11)15-6-17(25)18(7-16(15)24)27-22(32)23-8-14-4-13-5-20(31)28-29-21(13)19(9-23)30(14)23/h2-3,5-7,10,14H,4,8-9H2,1H3,(H,27,32)/p+1. The molecule has 0 aliphatic carbocycles. The summed E-state index contributed by atoms with van der Waals surface area (Å²) in [5.41, 5.74) is 3.81. The van der Waals surface area contributed by atoms with E-state index >= 15 is 0 Å². The molecule has 9 heteroatoms. The predicted molar refractivity (Wildman–Crippen MR) is 117 cm³/mol. The fraction of sp³-hybridized carbons (Fsp3) is 0.261. The zero-order valence-corrected chi connectivity index (χ0v) is 17.8.